The van der Waals surface area contributed by atoms with Crippen molar-refractivity contribution < 1.29 is 17.9 Å². The van der Waals surface area contributed by atoms with Crippen molar-refractivity contribution in [3.05, 3.63) is 42.4 Å². The van der Waals surface area contributed by atoms with Gasteiger partial charge in [-0.2, -0.15) is 18.4 Å². The van der Waals surface area contributed by atoms with Gasteiger partial charge in [-0.25, -0.2) is 15.0 Å². The van der Waals surface area contributed by atoms with Gasteiger partial charge in [0.2, 0.25) is 0 Å². The van der Waals surface area contributed by atoms with E-state index in [0.29, 0.717) is 30.2 Å². The maximum atomic E-state index is 13.1. The van der Waals surface area contributed by atoms with Gasteiger partial charge in [-0.05, 0) is 25.1 Å². The molecule has 0 aromatic carbocycles. The Morgan fingerprint density at radius 3 is 2.79 bits per heavy atom. The number of anilines is 1. The maximum Gasteiger partial charge on any atom is 0.417 e. The van der Waals surface area contributed by atoms with Gasteiger partial charge in [-0.3, -0.25) is 4.40 Å². The SMILES string of the molecule is CC1CN(c2ccnc(-c3cnc4ccc(C(F)(F)F)cn34)n2)CC(C#N)O1. The van der Waals surface area contributed by atoms with E-state index in [1.54, 1.807) is 6.07 Å². The molecule has 10 heteroatoms. The molecule has 3 aromatic rings. The van der Waals surface area contributed by atoms with E-state index in [2.05, 4.69) is 21.0 Å². The number of rotatable bonds is 2. The van der Waals surface area contributed by atoms with E-state index in [4.69, 9.17) is 10.00 Å². The number of morpholine rings is 1. The second-order valence-electron chi connectivity index (χ2n) is 6.50. The van der Waals surface area contributed by atoms with Crippen LogP contribution in [-0.2, 0) is 10.9 Å². The van der Waals surface area contributed by atoms with Gasteiger partial charge < -0.3 is 9.64 Å². The van der Waals surface area contributed by atoms with E-state index in [1.807, 2.05) is 11.8 Å². The molecule has 0 saturated carbocycles. The third kappa shape index (κ3) is 3.36. The van der Waals surface area contributed by atoms with Crippen molar-refractivity contribution in [3.63, 3.8) is 0 Å². The number of aromatic nitrogens is 4. The smallest absolute Gasteiger partial charge is 0.357 e. The highest BCUT2D eigenvalue weighted by Crippen LogP contribution is 2.30. The Bertz CT molecular complexity index is 1060. The van der Waals surface area contributed by atoms with E-state index < -0.39 is 17.8 Å². The number of pyridine rings is 1. The first-order valence-corrected chi connectivity index (χ1v) is 8.53. The molecule has 0 bridgehead atoms. The summed E-state index contributed by atoms with van der Waals surface area (Å²) in [7, 11) is 0. The second-order valence-corrected chi connectivity index (χ2v) is 6.50. The summed E-state index contributed by atoms with van der Waals surface area (Å²) in [4.78, 5) is 14.7. The lowest BCUT2D eigenvalue weighted by molar-refractivity contribution is -0.137. The molecule has 2 atom stereocenters. The summed E-state index contributed by atoms with van der Waals surface area (Å²) in [5, 5.41) is 9.15. The Morgan fingerprint density at radius 2 is 2.04 bits per heavy atom. The number of imidazole rings is 1. The van der Waals surface area contributed by atoms with Crippen LogP contribution in [-0.4, -0.2) is 44.7 Å². The molecule has 0 N–H and O–H groups in total. The average Bonchev–Trinajstić information content (AvgIpc) is 3.10. The fourth-order valence-electron chi connectivity index (χ4n) is 3.17. The quantitative estimate of drug-likeness (QED) is 0.672. The molecular formula is C18H15F3N6O. The van der Waals surface area contributed by atoms with Crippen molar-refractivity contribution in [1.82, 2.24) is 19.4 Å². The Morgan fingerprint density at radius 1 is 1.21 bits per heavy atom. The Balaban J connectivity index is 1.73. The predicted octanol–water partition coefficient (Wildman–Crippen LogP) is 2.93. The lowest BCUT2D eigenvalue weighted by Crippen LogP contribution is -2.46. The van der Waals surface area contributed by atoms with Gasteiger partial charge in [0.1, 0.15) is 17.2 Å². The molecule has 2 unspecified atom stereocenters. The van der Waals surface area contributed by atoms with Crippen LogP contribution < -0.4 is 4.90 Å². The number of hydrogen-bond donors (Lipinski definition) is 0. The van der Waals surface area contributed by atoms with Gasteiger partial charge in [0, 0.05) is 18.9 Å². The number of alkyl halides is 3. The van der Waals surface area contributed by atoms with Crippen molar-refractivity contribution in [3.8, 4) is 17.6 Å². The Labute approximate surface area is 158 Å². The van der Waals surface area contributed by atoms with Gasteiger partial charge in [-0.1, -0.05) is 0 Å². The van der Waals surface area contributed by atoms with Gasteiger partial charge in [-0.15, -0.1) is 0 Å². The topological polar surface area (TPSA) is 79.3 Å². The Kier molecular flexibility index (Phi) is 4.39. The third-order valence-corrected chi connectivity index (χ3v) is 4.43. The summed E-state index contributed by atoms with van der Waals surface area (Å²) in [6.07, 6.45) is -1.24. The van der Waals surface area contributed by atoms with Crippen LogP contribution in [0.15, 0.2) is 36.8 Å². The fraction of sp³-hybridized carbons (Fsp3) is 0.333. The first kappa shape index (κ1) is 18.2. The molecule has 3 aromatic heterocycles. The summed E-state index contributed by atoms with van der Waals surface area (Å²) >= 11 is 0. The normalized spacial score (nSPS) is 20.3. The van der Waals surface area contributed by atoms with Crippen molar-refractivity contribution in [2.24, 2.45) is 0 Å². The minimum Gasteiger partial charge on any atom is -0.357 e. The summed E-state index contributed by atoms with van der Waals surface area (Å²) < 4.78 is 46.0. The molecular weight excluding hydrogens is 373 g/mol. The minimum absolute atomic E-state index is 0.151. The summed E-state index contributed by atoms with van der Waals surface area (Å²) in [6, 6.07) is 6.08. The Hall–Kier alpha value is -3.19. The van der Waals surface area contributed by atoms with Crippen LogP contribution in [0.1, 0.15) is 12.5 Å². The van der Waals surface area contributed by atoms with Crippen LogP contribution in [0, 0.1) is 11.3 Å². The molecule has 7 nitrogen and oxygen atoms in total. The molecule has 28 heavy (non-hydrogen) atoms. The van der Waals surface area contributed by atoms with Crippen LogP contribution in [0.2, 0.25) is 0 Å². The van der Waals surface area contributed by atoms with Gasteiger partial charge in [0.05, 0.1) is 30.5 Å². The monoisotopic (exact) mass is 388 g/mol. The molecule has 0 radical (unpaired) electrons. The minimum atomic E-state index is -4.46. The van der Waals surface area contributed by atoms with Crippen molar-refractivity contribution in [1.29, 1.82) is 5.26 Å². The summed E-state index contributed by atoms with van der Waals surface area (Å²) in [5.41, 5.74) is -0.0723. The zero-order valence-corrected chi connectivity index (χ0v) is 14.8. The van der Waals surface area contributed by atoms with Gasteiger partial charge >= 0.3 is 6.18 Å². The second kappa shape index (κ2) is 6.76. The van der Waals surface area contributed by atoms with E-state index in [0.717, 1.165) is 12.3 Å². The average molecular weight is 388 g/mol. The summed E-state index contributed by atoms with van der Waals surface area (Å²) in [6.45, 7) is 2.75. The molecule has 0 amide bonds. The molecule has 0 spiro atoms. The number of fused-ring (bicyclic) bond motifs is 1. The van der Waals surface area contributed by atoms with Crippen LogP contribution in [0.5, 0.6) is 0 Å². The highest BCUT2D eigenvalue weighted by molar-refractivity contribution is 5.59. The van der Waals surface area contributed by atoms with E-state index >= 15 is 0 Å². The van der Waals surface area contributed by atoms with Crippen molar-refractivity contribution in [2.45, 2.75) is 25.3 Å². The van der Waals surface area contributed by atoms with Crippen LogP contribution in [0.3, 0.4) is 0 Å². The van der Waals surface area contributed by atoms with E-state index in [-0.39, 0.29) is 11.9 Å². The fourth-order valence-corrected chi connectivity index (χ4v) is 3.17. The zero-order chi connectivity index (χ0) is 19.9. The third-order valence-electron chi connectivity index (χ3n) is 4.43. The molecule has 0 aliphatic carbocycles. The molecule has 1 saturated heterocycles. The first-order valence-electron chi connectivity index (χ1n) is 8.53. The van der Waals surface area contributed by atoms with Crippen molar-refractivity contribution >= 4 is 11.5 Å². The van der Waals surface area contributed by atoms with Crippen LogP contribution >= 0.6 is 0 Å². The molecule has 4 heterocycles. The highest BCUT2D eigenvalue weighted by atomic mass is 19.4. The number of nitriles is 1. The number of nitrogens with zero attached hydrogens (tertiary/aromatic N) is 6. The standard InChI is InChI=1S/C18H15F3N6O/c1-11-8-26(10-13(6-22)28-11)16-4-5-23-17(25-16)14-7-24-15-3-2-12(9-27(14)15)18(19,20)21/h2-5,7,9,11,13H,8,10H2,1H3. The molecule has 144 valence electrons. The molecule has 1 fully saturated rings. The molecule has 4 rings (SSSR count). The molecule has 1 aliphatic heterocycles. The number of ether oxygens (including phenoxy) is 1. The van der Waals surface area contributed by atoms with Crippen molar-refractivity contribution in [2.75, 3.05) is 18.0 Å². The lowest BCUT2D eigenvalue weighted by atomic mass is 10.2. The predicted molar refractivity (Wildman–Crippen MR) is 93.4 cm³/mol. The molecule has 1 aliphatic rings. The van der Waals surface area contributed by atoms with Crippen LogP contribution in [0.4, 0.5) is 19.0 Å². The highest BCUT2D eigenvalue weighted by Gasteiger charge is 2.31. The number of halogens is 3. The number of hydrogen-bond acceptors (Lipinski definition) is 6. The largest absolute Gasteiger partial charge is 0.417 e. The van der Waals surface area contributed by atoms with E-state index in [1.165, 1.54) is 22.9 Å². The first-order chi connectivity index (χ1) is 13.3. The van der Waals surface area contributed by atoms with Gasteiger partial charge in [0.15, 0.2) is 11.9 Å². The lowest BCUT2D eigenvalue weighted by Gasteiger charge is -2.34. The summed E-state index contributed by atoms with van der Waals surface area (Å²) in [5.74, 6) is 0.819. The maximum absolute atomic E-state index is 13.1. The van der Waals surface area contributed by atoms with E-state index in [9.17, 15) is 13.2 Å². The van der Waals surface area contributed by atoms with Crippen LogP contribution in [0.25, 0.3) is 17.2 Å². The van der Waals surface area contributed by atoms with Gasteiger partial charge in [0.25, 0.3) is 0 Å². The zero-order valence-electron chi connectivity index (χ0n) is 14.8.